The molecule has 0 bridgehead atoms. The van der Waals surface area contributed by atoms with Gasteiger partial charge in [0.25, 0.3) is 5.91 Å². The van der Waals surface area contributed by atoms with E-state index < -0.39 is 11.7 Å². The van der Waals surface area contributed by atoms with Gasteiger partial charge in [0.1, 0.15) is 19.0 Å². The molecule has 28 heavy (non-hydrogen) atoms. The first kappa shape index (κ1) is 17.9. The zero-order valence-corrected chi connectivity index (χ0v) is 15.5. The van der Waals surface area contributed by atoms with Crippen molar-refractivity contribution in [2.45, 2.75) is 13.8 Å². The molecule has 1 N–H and O–H groups in total. The molecule has 1 aliphatic rings. The van der Waals surface area contributed by atoms with Crippen LogP contribution in [-0.4, -0.2) is 29.1 Å². The normalized spacial score (nSPS) is 12.5. The standard InChI is InChI=1S/C21H18FN3O3/c1-12-3-4-14(16(22)7-12)21(26)25-20-11-23-17(10-24-20)15-9-19-18(8-13(15)2)27-5-6-28-19/h3-4,7-11H,5-6H2,1-2H3,(H,24,25,26). The molecule has 0 saturated heterocycles. The van der Waals surface area contributed by atoms with Gasteiger partial charge in [-0.2, -0.15) is 0 Å². The van der Waals surface area contributed by atoms with Crippen molar-refractivity contribution >= 4 is 11.7 Å². The quantitative estimate of drug-likeness (QED) is 0.747. The monoisotopic (exact) mass is 379 g/mol. The van der Waals surface area contributed by atoms with Crippen LogP contribution in [0.3, 0.4) is 0 Å². The van der Waals surface area contributed by atoms with Gasteiger partial charge in [0, 0.05) is 5.56 Å². The predicted molar refractivity (Wildman–Crippen MR) is 102 cm³/mol. The lowest BCUT2D eigenvalue weighted by molar-refractivity contribution is 0.102. The average molecular weight is 379 g/mol. The van der Waals surface area contributed by atoms with E-state index in [4.69, 9.17) is 9.47 Å². The summed E-state index contributed by atoms with van der Waals surface area (Å²) in [5.74, 6) is 0.471. The minimum absolute atomic E-state index is 0.0424. The minimum Gasteiger partial charge on any atom is -0.486 e. The third-order valence-corrected chi connectivity index (χ3v) is 4.43. The van der Waals surface area contributed by atoms with Crippen LogP contribution < -0.4 is 14.8 Å². The molecule has 1 amide bonds. The molecule has 7 heteroatoms. The van der Waals surface area contributed by atoms with E-state index in [9.17, 15) is 9.18 Å². The molecule has 142 valence electrons. The summed E-state index contributed by atoms with van der Waals surface area (Å²) >= 11 is 0. The second-order valence-electron chi connectivity index (χ2n) is 6.54. The molecule has 1 aromatic heterocycles. The fourth-order valence-corrected chi connectivity index (χ4v) is 2.99. The van der Waals surface area contributed by atoms with Crippen LogP contribution in [0.25, 0.3) is 11.3 Å². The number of carbonyl (C=O) groups excluding carboxylic acids is 1. The number of nitrogens with zero attached hydrogens (tertiary/aromatic N) is 2. The van der Waals surface area contributed by atoms with Crippen LogP contribution in [-0.2, 0) is 0 Å². The van der Waals surface area contributed by atoms with Gasteiger partial charge in [0.15, 0.2) is 17.3 Å². The molecule has 0 radical (unpaired) electrons. The van der Waals surface area contributed by atoms with Crippen molar-refractivity contribution in [2.24, 2.45) is 0 Å². The highest BCUT2D eigenvalue weighted by Crippen LogP contribution is 2.36. The van der Waals surface area contributed by atoms with Gasteiger partial charge in [-0.15, -0.1) is 0 Å². The first-order chi connectivity index (χ1) is 13.5. The van der Waals surface area contributed by atoms with E-state index in [0.717, 1.165) is 16.7 Å². The van der Waals surface area contributed by atoms with Crippen LogP contribution in [0, 0.1) is 19.7 Å². The fraction of sp³-hybridized carbons (Fsp3) is 0.190. The number of halogens is 1. The molecule has 2 aromatic carbocycles. The zero-order chi connectivity index (χ0) is 19.7. The summed E-state index contributed by atoms with van der Waals surface area (Å²) in [6.45, 7) is 4.74. The van der Waals surface area contributed by atoms with E-state index >= 15 is 0 Å². The second kappa shape index (κ2) is 7.26. The maximum Gasteiger partial charge on any atom is 0.259 e. The number of anilines is 1. The lowest BCUT2D eigenvalue weighted by Crippen LogP contribution is -2.16. The Kier molecular flexibility index (Phi) is 4.65. The van der Waals surface area contributed by atoms with Gasteiger partial charge in [-0.3, -0.25) is 9.78 Å². The molecular formula is C21H18FN3O3. The third-order valence-electron chi connectivity index (χ3n) is 4.43. The van der Waals surface area contributed by atoms with Gasteiger partial charge >= 0.3 is 0 Å². The van der Waals surface area contributed by atoms with E-state index in [0.29, 0.717) is 30.4 Å². The molecule has 2 heterocycles. The summed E-state index contributed by atoms with van der Waals surface area (Å²) in [6.07, 6.45) is 3.00. The molecule has 6 nitrogen and oxygen atoms in total. The van der Waals surface area contributed by atoms with Gasteiger partial charge in [-0.05, 0) is 49.2 Å². The Morgan fingerprint density at radius 3 is 2.46 bits per heavy atom. The lowest BCUT2D eigenvalue weighted by Gasteiger charge is -2.20. The molecule has 0 aliphatic carbocycles. The summed E-state index contributed by atoms with van der Waals surface area (Å²) in [5, 5.41) is 2.56. The Bertz CT molecular complexity index is 1050. The van der Waals surface area contributed by atoms with Gasteiger partial charge in [0.2, 0.25) is 0 Å². The van der Waals surface area contributed by atoms with Gasteiger partial charge in [-0.1, -0.05) is 6.07 Å². The largest absolute Gasteiger partial charge is 0.486 e. The Morgan fingerprint density at radius 2 is 1.79 bits per heavy atom. The summed E-state index contributed by atoms with van der Waals surface area (Å²) in [7, 11) is 0. The van der Waals surface area contributed by atoms with Crippen LogP contribution in [0.1, 0.15) is 21.5 Å². The van der Waals surface area contributed by atoms with Crippen molar-refractivity contribution < 1.29 is 18.7 Å². The van der Waals surface area contributed by atoms with Crippen molar-refractivity contribution in [1.82, 2.24) is 9.97 Å². The number of fused-ring (bicyclic) bond motifs is 1. The number of amides is 1. The van der Waals surface area contributed by atoms with Crippen molar-refractivity contribution in [3.8, 4) is 22.8 Å². The smallest absolute Gasteiger partial charge is 0.259 e. The molecule has 0 fully saturated rings. The number of rotatable bonds is 3. The Morgan fingerprint density at radius 1 is 1.04 bits per heavy atom. The lowest BCUT2D eigenvalue weighted by atomic mass is 10.0. The Hall–Kier alpha value is -3.48. The van der Waals surface area contributed by atoms with E-state index in [2.05, 4.69) is 15.3 Å². The average Bonchev–Trinajstić information content (AvgIpc) is 2.68. The zero-order valence-electron chi connectivity index (χ0n) is 15.5. The van der Waals surface area contributed by atoms with Crippen molar-refractivity contribution in [3.05, 3.63) is 65.2 Å². The Balaban J connectivity index is 1.55. The van der Waals surface area contributed by atoms with Crippen LogP contribution in [0.4, 0.5) is 10.2 Å². The molecule has 0 spiro atoms. The molecule has 4 rings (SSSR count). The topological polar surface area (TPSA) is 73.3 Å². The van der Waals surface area contributed by atoms with Gasteiger partial charge in [-0.25, -0.2) is 9.37 Å². The SMILES string of the molecule is Cc1ccc(C(=O)Nc2cnc(-c3cc4c(cc3C)OCCO4)cn2)c(F)c1. The number of benzene rings is 2. The Labute approximate surface area is 161 Å². The van der Waals surface area contributed by atoms with Crippen molar-refractivity contribution in [3.63, 3.8) is 0 Å². The minimum atomic E-state index is -0.575. The summed E-state index contributed by atoms with van der Waals surface area (Å²) in [4.78, 5) is 20.9. The molecule has 0 saturated carbocycles. The van der Waals surface area contributed by atoms with Crippen LogP contribution in [0.2, 0.25) is 0 Å². The maximum absolute atomic E-state index is 14.0. The number of hydrogen-bond acceptors (Lipinski definition) is 5. The predicted octanol–water partition coefficient (Wildman–Crippen LogP) is 3.92. The van der Waals surface area contributed by atoms with Crippen LogP contribution in [0.5, 0.6) is 11.5 Å². The van der Waals surface area contributed by atoms with Crippen LogP contribution >= 0.6 is 0 Å². The van der Waals surface area contributed by atoms with Crippen LogP contribution in [0.15, 0.2) is 42.7 Å². The second-order valence-corrected chi connectivity index (χ2v) is 6.54. The van der Waals surface area contributed by atoms with E-state index in [-0.39, 0.29) is 11.4 Å². The first-order valence-corrected chi connectivity index (χ1v) is 8.81. The van der Waals surface area contributed by atoms with Crippen molar-refractivity contribution in [2.75, 3.05) is 18.5 Å². The fourth-order valence-electron chi connectivity index (χ4n) is 2.99. The number of aryl methyl sites for hydroxylation is 2. The summed E-state index contributed by atoms with van der Waals surface area (Å²) in [6, 6.07) is 8.21. The number of nitrogens with one attached hydrogen (secondary N) is 1. The summed E-state index contributed by atoms with van der Waals surface area (Å²) < 4.78 is 25.2. The number of ether oxygens (including phenoxy) is 2. The molecule has 0 unspecified atom stereocenters. The summed E-state index contributed by atoms with van der Waals surface area (Å²) in [5.41, 5.74) is 3.16. The molecule has 3 aromatic rings. The molecule has 0 atom stereocenters. The highest BCUT2D eigenvalue weighted by Gasteiger charge is 2.17. The maximum atomic E-state index is 14.0. The van der Waals surface area contributed by atoms with E-state index in [1.807, 2.05) is 19.1 Å². The molecule has 1 aliphatic heterocycles. The highest BCUT2D eigenvalue weighted by atomic mass is 19.1. The number of aromatic nitrogens is 2. The number of carbonyl (C=O) groups is 1. The molecular weight excluding hydrogens is 361 g/mol. The van der Waals surface area contributed by atoms with Crippen molar-refractivity contribution in [1.29, 1.82) is 0 Å². The van der Waals surface area contributed by atoms with Gasteiger partial charge in [0.05, 0.1) is 23.7 Å². The highest BCUT2D eigenvalue weighted by molar-refractivity contribution is 6.03. The van der Waals surface area contributed by atoms with Gasteiger partial charge < -0.3 is 14.8 Å². The third kappa shape index (κ3) is 3.51. The van der Waals surface area contributed by atoms with E-state index in [1.165, 1.54) is 18.3 Å². The first-order valence-electron chi connectivity index (χ1n) is 8.81. The number of hydrogen-bond donors (Lipinski definition) is 1. The van der Waals surface area contributed by atoms with E-state index in [1.54, 1.807) is 19.2 Å².